The highest BCUT2D eigenvalue weighted by atomic mass is 31.2. The molecule has 2 aromatic rings. The highest BCUT2D eigenvalue weighted by molar-refractivity contribution is 7.72. The summed E-state index contributed by atoms with van der Waals surface area (Å²) >= 11 is 0. The molecule has 4 heteroatoms. The molecule has 0 saturated carbocycles. The van der Waals surface area contributed by atoms with Crippen LogP contribution >= 0.6 is 7.36 Å². The smallest absolute Gasteiger partial charge is 0.168 e. The van der Waals surface area contributed by atoms with E-state index in [1.54, 1.807) is 0 Å². The fourth-order valence-corrected chi connectivity index (χ4v) is 6.37. The Hall–Kier alpha value is -1.99. The molecule has 1 N–H and O–H groups in total. The van der Waals surface area contributed by atoms with E-state index in [-0.39, 0.29) is 5.92 Å². The maximum Gasteiger partial charge on any atom is 0.168 e. The van der Waals surface area contributed by atoms with Crippen LogP contribution in [0.2, 0.25) is 0 Å². The average molecular weight is 325 g/mol. The van der Waals surface area contributed by atoms with Crippen molar-refractivity contribution in [1.29, 1.82) is 5.16 Å². The van der Waals surface area contributed by atoms with E-state index in [0.717, 1.165) is 29.8 Å². The van der Waals surface area contributed by atoms with Gasteiger partial charge in [-0.3, -0.25) is 5.16 Å². The van der Waals surface area contributed by atoms with Gasteiger partial charge in [0.1, 0.15) is 0 Å². The summed E-state index contributed by atoms with van der Waals surface area (Å²) in [5.74, 6) is 0.288. The molecule has 120 valence electrons. The number of hydrogen-bond donors (Lipinski definition) is 1. The molecule has 1 aliphatic heterocycles. The van der Waals surface area contributed by atoms with Crippen LogP contribution in [0.25, 0.3) is 0 Å². The molecule has 0 unspecified atom stereocenters. The number of hydrogen-bond acceptors (Lipinski definition) is 1. The first-order valence-corrected chi connectivity index (χ1v) is 9.74. The maximum absolute atomic E-state index is 9.47. The summed E-state index contributed by atoms with van der Waals surface area (Å²) in [7, 11) is -2.41. The van der Waals surface area contributed by atoms with E-state index >= 15 is 0 Å². The second-order valence-corrected chi connectivity index (χ2v) is 8.91. The Bertz CT molecular complexity index is 673. The van der Waals surface area contributed by atoms with Crippen molar-refractivity contribution in [2.24, 2.45) is 5.92 Å². The molecule has 0 aliphatic carbocycles. The molecule has 0 atom stereocenters. The van der Waals surface area contributed by atoms with Crippen molar-refractivity contribution in [3.8, 4) is 0 Å². The Kier molecular flexibility index (Phi) is 4.32. The van der Waals surface area contributed by atoms with Gasteiger partial charge in [-0.15, -0.1) is 0 Å². The van der Waals surface area contributed by atoms with Gasteiger partial charge in [0.15, 0.2) is 7.36 Å². The fraction of sp³-hybridized carbons (Fsp3) is 0.263. The topological polar surface area (TPSA) is 30.3 Å². The van der Waals surface area contributed by atoms with E-state index in [1.807, 2.05) is 36.4 Å². The lowest BCUT2D eigenvalue weighted by Gasteiger charge is -2.39. The van der Waals surface area contributed by atoms with Crippen LogP contribution in [0.1, 0.15) is 13.8 Å². The Morgan fingerprint density at radius 2 is 1.30 bits per heavy atom. The molecule has 23 heavy (non-hydrogen) atoms. The number of rotatable bonds is 4. The van der Waals surface area contributed by atoms with Gasteiger partial charge < -0.3 is 9.34 Å². The molecular formula is C19H24N3P. The lowest BCUT2D eigenvalue weighted by molar-refractivity contribution is 0.812. The highest BCUT2D eigenvalue weighted by Gasteiger charge is 2.42. The first kappa shape index (κ1) is 15.9. The summed E-state index contributed by atoms with van der Waals surface area (Å²) in [6.07, 6.45) is 0. The average Bonchev–Trinajstić information content (AvgIpc) is 2.94. The van der Waals surface area contributed by atoms with Crippen molar-refractivity contribution in [2.45, 2.75) is 13.8 Å². The largest absolute Gasteiger partial charge is 0.318 e. The van der Waals surface area contributed by atoms with Crippen LogP contribution < -0.4 is 9.34 Å². The van der Waals surface area contributed by atoms with Crippen molar-refractivity contribution in [3.63, 3.8) is 0 Å². The van der Waals surface area contributed by atoms with Gasteiger partial charge in [0, 0.05) is 29.8 Å². The molecule has 0 spiro atoms. The van der Waals surface area contributed by atoms with Crippen LogP contribution in [0, 0.1) is 11.1 Å². The third kappa shape index (κ3) is 2.70. The lowest BCUT2D eigenvalue weighted by Crippen LogP contribution is -2.21. The molecule has 0 bridgehead atoms. The minimum atomic E-state index is -2.41. The molecule has 1 fully saturated rings. The number of para-hydroxylation sites is 2. The van der Waals surface area contributed by atoms with Crippen LogP contribution in [0.3, 0.4) is 0 Å². The predicted octanol–water partition coefficient (Wildman–Crippen LogP) is 5.79. The van der Waals surface area contributed by atoms with Crippen molar-refractivity contribution in [2.75, 3.05) is 22.4 Å². The van der Waals surface area contributed by atoms with Gasteiger partial charge in [-0.05, 0) is 30.2 Å². The van der Waals surface area contributed by atoms with Gasteiger partial charge in [-0.25, -0.2) is 0 Å². The first-order chi connectivity index (χ1) is 11.0. The summed E-state index contributed by atoms with van der Waals surface area (Å²) in [6.45, 7) is 10.3. The van der Waals surface area contributed by atoms with Gasteiger partial charge in [-0.1, -0.05) is 56.8 Å². The summed E-state index contributed by atoms with van der Waals surface area (Å²) in [4.78, 5) is 0. The van der Waals surface area contributed by atoms with Crippen molar-refractivity contribution in [3.05, 3.63) is 72.6 Å². The van der Waals surface area contributed by atoms with Crippen LogP contribution in [0.4, 0.5) is 11.4 Å². The maximum atomic E-state index is 9.47. The Balaban J connectivity index is 2.09. The summed E-state index contributed by atoms with van der Waals surface area (Å²) in [5.41, 5.74) is 2.24. The number of nitrogens with zero attached hydrogens (tertiary/aromatic N) is 2. The molecule has 0 aromatic heterocycles. The van der Waals surface area contributed by atoms with E-state index in [9.17, 15) is 5.16 Å². The quantitative estimate of drug-likeness (QED) is 0.721. The second-order valence-electron chi connectivity index (χ2n) is 6.16. The molecule has 0 radical (unpaired) electrons. The van der Waals surface area contributed by atoms with Gasteiger partial charge in [0.25, 0.3) is 0 Å². The van der Waals surface area contributed by atoms with Crippen LogP contribution in [0.15, 0.2) is 72.6 Å². The van der Waals surface area contributed by atoms with Crippen molar-refractivity contribution >= 4 is 18.7 Å². The monoisotopic (exact) mass is 325 g/mol. The third-order valence-electron chi connectivity index (χ3n) is 4.40. The van der Waals surface area contributed by atoms with E-state index in [4.69, 9.17) is 0 Å². The molecular weight excluding hydrogens is 301 g/mol. The van der Waals surface area contributed by atoms with Crippen molar-refractivity contribution < 1.29 is 0 Å². The normalized spacial score (nSPS) is 16.8. The number of anilines is 2. The van der Waals surface area contributed by atoms with Crippen molar-refractivity contribution in [1.82, 2.24) is 0 Å². The van der Waals surface area contributed by atoms with E-state index in [2.05, 4.69) is 54.0 Å². The summed E-state index contributed by atoms with van der Waals surface area (Å²) < 4.78 is 4.53. The van der Waals surface area contributed by atoms with E-state index in [0.29, 0.717) is 0 Å². The highest BCUT2D eigenvalue weighted by Crippen LogP contribution is 2.67. The standard InChI is InChI=1S/C19H24N3P/c1-16(2)17(3)23(20)21(18-10-6-4-7-11-18)14-15-22(23)19-12-8-5-9-13-19/h4-13,16,20H,3,14-15H2,1-2H3. The number of nitrogens with one attached hydrogen (secondary N) is 1. The molecule has 1 saturated heterocycles. The zero-order chi connectivity index (χ0) is 16.4. The summed E-state index contributed by atoms with van der Waals surface area (Å²) in [6, 6.07) is 20.6. The van der Waals surface area contributed by atoms with Gasteiger partial charge in [0.2, 0.25) is 0 Å². The molecule has 0 amide bonds. The Morgan fingerprint density at radius 3 is 1.65 bits per heavy atom. The Morgan fingerprint density at radius 1 is 0.913 bits per heavy atom. The van der Waals surface area contributed by atoms with Crippen LogP contribution in [0.5, 0.6) is 0 Å². The summed E-state index contributed by atoms with van der Waals surface area (Å²) in [5, 5.41) is 10.5. The second kappa shape index (κ2) is 6.25. The number of allylic oxidation sites excluding steroid dienone is 1. The minimum Gasteiger partial charge on any atom is -0.318 e. The molecule has 3 nitrogen and oxygen atoms in total. The fourth-order valence-electron chi connectivity index (χ4n) is 3.07. The zero-order valence-corrected chi connectivity index (χ0v) is 14.7. The molecule has 1 heterocycles. The first-order valence-electron chi connectivity index (χ1n) is 8.05. The third-order valence-corrected chi connectivity index (χ3v) is 7.97. The molecule has 3 rings (SSSR count). The van der Waals surface area contributed by atoms with Gasteiger partial charge in [0.05, 0.1) is 0 Å². The number of benzene rings is 2. The predicted molar refractivity (Wildman–Crippen MR) is 101 cm³/mol. The molecule has 2 aromatic carbocycles. The van der Waals surface area contributed by atoms with Crippen LogP contribution in [-0.4, -0.2) is 13.1 Å². The Labute approximate surface area is 139 Å². The lowest BCUT2D eigenvalue weighted by atomic mass is 10.2. The van der Waals surface area contributed by atoms with Crippen LogP contribution in [-0.2, 0) is 0 Å². The molecule has 1 aliphatic rings. The zero-order valence-electron chi connectivity index (χ0n) is 13.8. The van der Waals surface area contributed by atoms with E-state index in [1.165, 1.54) is 0 Å². The van der Waals surface area contributed by atoms with Gasteiger partial charge in [-0.2, -0.15) is 0 Å². The SMILES string of the molecule is C=C(C(C)C)P1(=N)N(c2ccccc2)CCN1c1ccccc1. The minimum absolute atomic E-state index is 0.288. The van der Waals surface area contributed by atoms with Gasteiger partial charge >= 0.3 is 0 Å². The van der Waals surface area contributed by atoms with E-state index < -0.39 is 7.36 Å².